The van der Waals surface area contributed by atoms with Crippen LogP contribution in [0.2, 0.25) is 0 Å². The second-order valence-electron chi connectivity index (χ2n) is 4.21. The van der Waals surface area contributed by atoms with Crippen LogP contribution in [-0.4, -0.2) is 16.2 Å². The van der Waals surface area contributed by atoms with Crippen LogP contribution in [0.1, 0.15) is 17.0 Å². The van der Waals surface area contributed by atoms with E-state index in [-0.39, 0.29) is 6.61 Å². The molecule has 0 aliphatic carbocycles. The Hall–Kier alpha value is -1.60. The van der Waals surface area contributed by atoms with E-state index in [2.05, 4.69) is 37.0 Å². The van der Waals surface area contributed by atoms with Crippen LogP contribution in [0.3, 0.4) is 0 Å². The van der Waals surface area contributed by atoms with Gasteiger partial charge in [-0.1, -0.05) is 5.16 Å². The summed E-state index contributed by atoms with van der Waals surface area (Å²) in [6.07, 6.45) is 2.58. The van der Waals surface area contributed by atoms with Crippen LogP contribution in [0.4, 0.5) is 0 Å². The lowest BCUT2D eigenvalue weighted by Crippen LogP contribution is -1.96. The minimum Gasteiger partial charge on any atom is -0.483 e. The van der Waals surface area contributed by atoms with Crippen LogP contribution in [0.5, 0.6) is 5.75 Å². The lowest BCUT2D eigenvalue weighted by Gasteiger charge is -2.09. The van der Waals surface area contributed by atoms with Crippen molar-refractivity contribution in [3.63, 3.8) is 0 Å². The number of carboxylic acid groups (broad SMARTS) is 1. The molecule has 2 aromatic rings. The van der Waals surface area contributed by atoms with Crippen LogP contribution in [0.15, 0.2) is 37.7 Å². The molecule has 2 rings (SSSR count). The highest BCUT2D eigenvalue weighted by Gasteiger charge is 2.10. The first-order chi connectivity index (χ1) is 9.95. The molecule has 0 saturated carbocycles. The lowest BCUT2D eigenvalue weighted by molar-refractivity contribution is -0.131. The van der Waals surface area contributed by atoms with Gasteiger partial charge in [-0.2, -0.15) is 0 Å². The second kappa shape index (κ2) is 6.91. The van der Waals surface area contributed by atoms with E-state index in [1.54, 1.807) is 18.2 Å². The Balaban J connectivity index is 2.15. The zero-order valence-electron chi connectivity index (χ0n) is 11.0. The van der Waals surface area contributed by atoms with Crippen molar-refractivity contribution in [2.24, 2.45) is 0 Å². The fourth-order valence-corrected chi connectivity index (χ4v) is 3.06. The average Bonchev–Trinajstić information content (AvgIpc) is 2.81. The summed E-state index contributed by atoms with van der Waals surface area (Å²) in [6, 6.07) is 5.34. The summed E-state index contributed by atoms with van der Waals surface area (Å²) >= 11 is 6.80. The van der Waals surface area contributed by atoms with Gasteiger partial charge in [0.25, 0.3) is 0 Å². The lowest BCUT2D eigenvalue weighted by atomic mass is 10.2. The van der Waals surface area contributed by atoms with E-state index >= 15 is 0 Å². The van der Waals surface area contributed by atoms with E-state index in [0.717, 1.165) is 17.3 Å². The molecule has 0 amide bonds. The standard InChI is InChI=1S/C14H11Br2NO4/c1-8-4-10(21-17-8)7-20-14-11(15)5-9(6-12(14)16)2-3-13(18)19/h2-6H,7H2,1H3,(H,18,19)/b3-2+. The summed E-state index contributed by atoms with van der Waals surface area (Å²) in [5.41, 5.74) is 1.53. The van der Waals surface area contributed by atoms with Crippen LogP contribution in [-0.2, 0) is 11.4 Å². The van der Waals surface area contributed by atoms with E-state index in [1.165, 1.54) is 6.08 Å². The Labute approximate surface area is 137 Å². The highest BCUT2D eigenvalue weighted by molar-refractivity contribution is 9.11. The van der Waals surface area contributed by atoms with Crippen LogP contribution < -0.4 is 4.74 Å². The van der Waals surface area contributed by atoms with E-state index in [9.17, 15) is 4.79 Å². The maximum Gasteiger partial charge on any atom is 0.328 e. The molecule has 7 heteroatoms. The Morgan fingerprint density at radius 2 is 2.05 bits per heavy atom. The number of ether oxygens (including phenoxy) is 1. The number of aryl methyl sites for hydroxylation is 1. The molecule has 1 N–H and O–H groups in total. The van der Waals surface area contributed by atoms with Crippen LogP contribution in [0.25, 0.3) is 6.08 Å². The quantitative estimate of drug-likeness (QED) is 0.740. The average molecular weight is 417 g/mol. The molecule has 1 heterocycles. The molecular weight excluding hydrogens is 406 g/mol. The molecule has 0 bridgehead atoms. The van der Waals surface area contributed by atoms with E-state index < -0.39 is 5.97 Å². The fourth-order valence-electron chi connectivity index (χ4n) is 1.61. The zero-order valence-corrected chi connectivity index (χ0v) is 14.1. The third-order valence-corrected chi connectivity index (χ3v) is 3.65. The number of nitrogens with zero attached hydrogens (tertiary/aromatic N) is 1. The van der Waals surface area contributed by atoms with Crippen molar-refractivity contribution < 1.29 is 19.2 Å². The molecule has 0 fully saturated rings. The Morgan fingerprint density at radius 3 is 2.57 bits per heavy atom. The monoisotopic (exact) mass is 415 g/mol. The molecule has 0 spiro atoms. The van der Waals surface area contributed by atoms with Gasteiger partial charge < -0.3 is 14.4 Å². The highest BCUT2D eigenvalue weighted by atomic mass is 79.9. The van der Waals surface area contributed by atoms with Gasteiger partial charge >= 0.3 is 5.97 Å². The van der Waals surface area contributed by atoms with Crippen molar-refractivity contribution in [3.8, 4) is 5.75 Å². The molecule has 1 aromatic carbocycles. The molecule has 0 radical (unpaired) electrons. The summed E-state index contributed by atoms with van der Waals surface area (Å²) in [5, 5.41) is 12.4. The number of carboxylic acids is 1. The van der Waals surface area contributed by atoms with E-state index in [1.807, 2.05) is 6.92 Å². The normalized spacial score (nSPS) is 11.0. The number of aliphatic carboxylic acids is 1. The van der Waals surface area contributed by atoms with Gasteiger partial charge in [-0.05, 0) is 62.6 Å². The van der Waals surface area contributed by atoms with Gasteiger partial charge in [-0.25, -0.2) is 4.79 Å². The maximum absolute atomic E-state index is 10.5. The van der Waals surface area contributed by atoms with Crippen molar-refractivity contribution in [1.82, 2.24) is 5.16 Å². The highest BCUT2D eigenvalue weighted by Crippen LogP contribution is 2.35. The first-order valence-electron chi connectivity index (χ1n) is 5.91. The largest absolute Gasteiger partial charge is 0.483 e. The molecule has 21 heavy (non-hydrogen) atoms. The minimum atomic E-state index is -0.997. The Bertz CT molecular complexity index is 671. The molecular formula is C14H11Br2NO4. The summed E-state index contributed by atoms with van der Waals surface area (Å²) in [7, 11) is 0. The molecule has 5 nitrogen and oxygen atoms in total. The van der Waals surface area contributed by atoms with Crippen LogP contribution in [0, 0.1) is 6.92 Å². The third kappa shape index (κ3) is 4.44. The van der Waals surface area contributed by atoms with Gasteiger partial charge in [0.05, 0.1) is 14.6 Å². The Morgan fingerprint density at radius 1 is 1.38 bits per heavy atom. The molecule has 1 aromatic heterocycles. The molecule has 110 valence electrons. The van der Waals surface area contributed by atoms with Gasteiger partial charge in [-0.3, -0.25) is 0 Å². The van der Waals surface area contributed by atoms with Crippen molar-refractivity contribution in [2.75, 3.05) is 0 Å². The van der Waals surface area contributed by atoms with Crippen LogP contribution >= 0.6 is 31.9 Å². The number of aromatic nitrogens is 1. The molecule has 0 saturated heterocycles. The zero-order chi connectivity index (χ0) is 15.4. The molecule has 0 atom stereocenters. The maximum atomic E-state index is 10.5. The summed E-state index contributed by atoms with van der Waals surface area (Å²) in [4.78, 5) is 10.5. The van der Waals surface area contributed by atoms with E-state index in [0.29, 0.717) is 20.5 Å². The number of rotatable bonds is 5. The van der Waals surface area contributed by atoms with Crippen molar-refractivity contribution in [2.45, 2.75) is 13.5 Å². The minimum absolute atomic E-state index is 0.252. The smallest absolute Gasteiger partial charge is 0.328 e. The first kappa shape index (κ1) is 15.8. The number of carbonyl (C=O) groups is 1. The fraction of sp³-hybridized carbons (Fsp3) is 0.143. The number of halogens is 2. The topological polar surface area (TPSA) is 72.6 Å². The SMILES string of the molecule is Cc1cc(COc2c(Br)cc(/C=C/C(=O)O)cc2Br)on1. The third-order valence-electron chi connectivity index (χ3n) is 2.47. The molecule has 0 aliphatic heterocycles. The van der Waals surface area contributed by atoms with E-state index in [4.69, 9.17) is 14.4 Å². The van der Waals surface area contributed by atoms with Gasteiger partial charge in [-0.15, -0.1) is 0 Å². The van der Waals surface area contributed by atoms with Gasteiger partial charge in [0.2, 0.25) is 0 Å². The Kier molecular flexibility index (Phi) is 5.19. The number of hydrogen-bond acceptors (Lipinski definition) is 4. The van der Waals surface area contributed by atoms with Gasteiger partial charge in [0.15, 0.2) is 5.76 Å². The molecule has 0 aliphatic rings. The summed E-state index contributed by atoms with van der Waals surface area (Å²) in [6.45, 7) is 2.09. The summed E-state index contributed by atoms with van der Waals surface area (Å²) in [5.74, 6) is 0.237. The van der Waals surface area contributed by atoms with Crippen molar-refractivity contribution >= 4 is 43.9 Å². The number of hydrogen-bond donors (Lipinski definition) is 1. The number of benzene rings is 1. The summed E-state index contributed by atoms with van der Waals surface area (Å²) < 4.78 is 12.2. The van der Waals surface area contributed by atoms with Gasteiger partial charge in [0, 0.05) is 12.1 Å². The van der Waals surface area contributed by atoms with Crippen molar-refractivity contribution in [1.29, 1.82) is 0 Å². The van der Waals surface area contributed by atoms with Gasteiger partial charge in [0.1, 0.15) is 12.4 Å². The predicted molar refractivity (Wildman–Crippen MR) is 84.1 cm³/mol. The second-order valence-corrected chi connectivity index (χ2v) is 5.92. The molecule has 0 unspecified atom stereocenters. The predicted octanol–water partition coefficient (Wildman–Crippen LogP) is 4.18. The first-order valence-corrected chi connectivity index (χ1v) is 7.49. The van der Waals surface area contributed by atoms with Crippen molar-refractivity contribution in [3.05, 3.63) is 50.2 Å².